The van der Waals surface area contributed by atoms with Crippen LogP contribution in [0.15, 0.2) is 48.5 Å². The van der Waals surface area contributed by atoms with Gasteiger partial charge in [-0.25, -0.2) is 0 Å². The molecule has 1 N–H and O–H groups in total. The first kappa shape index (κ1) is 17.9. The molecule has 5 nitrogen and oxygen atoms in total. The summed E-state index contributed by atoms with van der Waals surface area (Å²) < 4.78 is 11.1. The van der Waals surface area contributed by atoms with Gasteiger partial charge in [-0.05, 0) is 36.1 Å². The minimum Gasteiger partial charge on any atom is -0.486 e. The maximum Gasteiger partial charge on any atom is 0.224 e. The molecule has 0 aliphatic carbocycles. The lowest BCUT2D eigenvalue weighted by Crippen LogP contribution is -2.44. The monoisotopic (exact) mass is 366 g/mol. The van der Waals surface area contributed by atoms with Crippen LogP contribution in [0.5, 0.6) is 11.5 Å². The number of rotatable bonds is 5. The summed E-state index contributed by atoms with van der Waals surface area (Å²) in [5.74, 6) is 1.57. The van der Waals surface area contributed by atoms with Crippen LogP contribution in [0.1, 0.15) is 24.0 Å². The van der Waals surface area contributed by atoms with E-state index in [1.807, 2.05) is 24.3 Å². The molecule has 0 unspecified atom stereocenters. The molecule has 2 aromatic carbocycles. The Balaban J connectivity index is 1.24. The van der Waals surface area contributed by atoms with E-state index in [4.69, 9.17) is 9.47 Å². The van der Waals surface area contributed by atoms with Crippen molar-refractivity contribution in [2.75, 3.05) is 26.3 Å². The normalized spacial score (nSPS) is 17.5. The molecule has 2 aliphatic rings. The van der Waals surface area contributed by atoms with Crippen LogP contribution in [0.2, 0.25) is 0 Å². The zero-order valence-electron chi connectivity index (χ0n) is 15.5. The minimum absolute atomic E-state index is 0.0770. The molecule has 5 heteroatoms. The maximum absolute atomic E-state index is 12.4. The SMILES string of the molecule is O=C(Cc1ccc2c(c1)OCCO2)NC1CCN(Cc2ccccc2)CC1. The van der Waals surface area contributed by atoms with Crippen molar-refractivity contribution in [3.63, 3.8) is 0 Å². The van der Waals surface area contributed by atoms with E-state index in [9.17, 15) is 4.79 Å². The molecule has 0 spiro atoms. The number of carbonyl (C=O) groups excluding carboxylic acids is 1. The Morgan fingerprint density at radius 2 is 1.70 bits per heavy atom. The predicted molar refractivity (Wildman–Crippen MR) is 104 cm³/mol. The van der Waals surface area contributed by atoms with E-state index in [-0.39, 0.29) is 11.9 Å². The third-order valence-electron chi connectivity index (χ3n) is 5.17. The fourth-order valence-electron chi connectivity index (χ4n) is 3.74. The summed E-state index contributed by atoms with van der Waals surface area (Å²) in [4.78, 5) is 14.9. The van der Waals surface area contributed by atoms with Gasteiger partial charge in [-0.1, -0.05) is 36.4 Å². The van der Waals surface area contributed by atoms with Crippen LogP contribution in [-0.4, -0.2) is 43.2 Å². The number of carbonyl (C=O) groups is 1. The second-order valence-electron chi connectivity index (χ2n) is 7.26. The summed E-state index contributed by atoms with van der Waals surface area (Å²) in [7, 11) is 0. The smallest absolute Gasteiger partial charge is 0.224 e. The molecule has 0 aromatic heterocycles. The fourth-order valence-corrected chi connectivity index (χ4v) is 3.74. The van der Waals surface area contributed by atoms with E-state index in [1.54, 1.807) is 0 Å². The molecule has 0 bridgehead atoms. The molecule has 2 aromatic rings. The minimum atomic E-state index is 0.0770. The van der Waals surface area contributed by atoms with E-state index in [0.29, 0.717) is 19.6 Å². The summed E-state index contributed by atoms with van der Waals surface area (Å²) in [5, 5.41) is 3.19. The number of benzene rings is 2. The highest BCUT2D eigenvalue weighted by atomic mass is 16.6. The van der Waals surface area contributed by atoms with Gasteiger partial charge < -0.3 is 14.8 Å². The molecule has 1 fully saturated rings. The summed E-state index contributed by atoms with van der Waals surface area (Å²) in [5.41, 5.74) is 2.30. The van der Waals surface area contributed by atoms with Crippen LogP contribution in [0.25, 0.3) is 0 Å². The summed E-state index contributed by atoms with van der Waals surface area (Å²) >= 11 is 0. The Hall–Kier alpha value is -2.53. The fraction of sp³-hybridized carbons (Fsp3) is 0.409. The number of likely N-dealkylation sites (tertiary alicyclic amines) is 1. The highest BCUT2D eigenvalue weighted by Gasteiger charge is 2.21. The summed E-state index contributed by atoms with van der Waals surface area (Å²) in [6, 6.07) is 16.6. The first-order valence-corrected chi connectivity index (χ1v) is 9.70. The lowest BCUT2D eigenvalue weighted by molar-refractivity contribution is -0.121. The van der Waals surface area contributed by atoms with Gasteiger partial charge in [-0.15, -0.1) is 0 Å². The first-order valence-electron chi connectivity index (χ1n) is 9.70. The number of nitrogens with one attached hydrogen (secondary N) is 1. The second-order valence-corrected chi connectivity index (χ2v) is 7.26. The number of fused-ring (bicyclic) bond motifs is 1. The van der Waals surface area contributed by atoms with Crippen LogP contribution in [0.4, 0.5) is 0 Å². The zero-order valence-corrected chi connectivity index (χ0v) is 15.5. The Kier molecular flexibility index (Phi) is 5.58. The summed E-state index contributed by atoms with van der Waals surface area (Å²) in [6.07, 6.45) is 2.38. The molecule has 27 heavy (non-hydrogen) atoms. The third kappa shape index (κ3) is 4.80. The van der Waals surface area contributed by atoms with Crippen molar-refractivity contribution in [2.24, 2.45) is 0 Å². The maximum atomic E-state index is 12.4. The van der Waals surface area contributed by atoms with E-state index in [0.717, 1.165) is 49.5 Å². The van der Waals surface area contributed by atoms with Gasteiger partial charge in [0.05, 0.1) is 6.42 Å². The second kappa shape index (κ2) is 8.44. The van der Waals surface area contributed by atoms with Crippen LogP contribution < -0.4 is 14.8 Å². The van der Waals surface area contributed by atoms with Gasteiger partial charge in [-0.2, -0.15) is 0 Å². The average molecular weight is 366 g/mol. The Labute approximate surface area is 160 Å². The topological polar surface area (TPSA) is 50.8 Å². The van der Waals surface area contributed by atoms with Crippen molar-refractivity contribution < 1.29 is 14.3 Å². The summed E-state index contributed by atoms with van der Waals surface area (Å²) in [6.45, 7) is 4.16. The van der Waals surface area contributed by atoms with E-state index in [2.05, 4.69) is 34.5 Å². The number of ether oxygens (including phenoxy) is 2. The Bertz CT molecular complexity index is 770. The quantitative estimate of drug-likeness (QED) is 0.884. The van der Waals surface area contributed by atoms with Crippen molar-refractivity contribution in [3.05, 3.63) is 59.7 Å². The van der Waals surface area contributed by atoms with Gasteiger partial charge in [0.2, 0.25) is 5.91 Å². The van der Waals surface area contributed by atoms with Gasteiger partial charge in [0.15, 0.2) is 11.5 Å². The predicted octanol–water partition coefficient (Wildman–Crippen LogP) is 2.78. The molecule has 0 saturated carbocycles. The van der Waals surface area contributed by atoms with E-state index >= 15 is 0 Å². The van der Waals surface area contributed by atoms with Crippen LogP contribution in [-0.2, 0) is 17.8 Å². The highest BCUT2D eigenvalue weighted by Crippen LogP contribution is 2.30. The molecule has 4 rings (SSSR count). The molecular weight excluding hydrogens is 340 g/mol. The van der Waals surface area contributed by atoms with Gasteiger partial charge in [0, 0.05) is 25.7 Å². The molecule has 0 atom stereocenters. The van der Waals surface area contributed by atoms with E-state index in [1.165, 1.54) is 5.56 Å². The van der Waals surface area contributed by atoms with Crippen LogP contribution in [0, 0.1) is 0 Å². The van der Waals surface area contributed by atoms with Crippen LogP contribution in [0.3, 0.4) is 0 Å². The largest absolute Gasteiger partial charge is 0.486 e. The van der Waals surface area contributed by atoms with Gasteiger partial charge >= 0.3 is 0 Å². The lowest BCUT2D eigenvalue weighted by Gasteiger charge is -2.32. The van der Waals surface area contributed by atoms with Crippen molar-refractivity contribution >= 4 is 5.91 Å². The number of hydrogen-bond acceptors (Lipinski definition) is 4. The lowest BCUT2D eigenvalue weighted by atomic mass is 10.0. The van der Waals surface area contributed by atoms with Gasteiger partial charge in [0.1, 0.15) is 13.2 Å². The van der Waals surface area contributed by atoms with Gasteiger partial charge in [-0.3, -0.25) is 9.69 Å². The molecule has 0 radical (unpaired) electrons. The van der Waals surface area contributed by atoms with E-state index < -0.39 is 0 Å². The van der Waals surface area contributed by atoms with Crippen molar-refractivity contribution in [1.29, 1.82) is 0 Å². The van der Waals surface area contributed by atoms with Crippen LogP contribution >= 0.6 is 0 Å². The number of amides is 1. The highest BCUT2D eigenvalue weighted by molar-refractivity contribution is 5.79. The molecule has 1 saturated heterocycles. The molecule has 2 heterocycles. The van der Waals surface area contributed by atoms with Crippen molar-refractivity contribution in [3.8, 4) is 11.5 Å². The third-order valence-corrected chi connectivity index (χ3v) is 5.17. The zero-order chi connectivity index (χ0) is 18.5. The Morgan fingerprint density at radius 3 is 2.48 bits per heavy atom. The average Bonchev–Trinajstić information content (AvgIpc) is 2.70. The first-order chi connectivity index (χ1) is 13.3. The van der Waals surface area contributed by atoms with Crippen molar-refractivity contribution in [2.45, 2.75) is 31.8 Å². The number of nitrogens with zero attached hydrogens (tertiary/aromatic N) is 1. The molecule has 142 valence electrons. The molecule has 2 aliphatic heterocycles. The molecule has 1 amide bonds. The Morgan fingerprint density at radius 1 is 0.963 bits per heavy atom. The number of piperidine rings is 1. The standard InChI is InChI=1S/C22H26N2O3/c25-22(15-18-6-7-20-21(14-18)27-13-12-26-20)23-19-8-10-24(11-9-19)16-17-4-2-1-3-5-17/h1-7,14,19H,8-13,15-16H2,(H,23,25). The van der Waals surface area contributed by atoms with Crippen molar-refractivity contribution in [1.82, 2.24) is 10.2 Å². The van der Waals surface area contributed by atoms with Gasteiger partial charge in [0.25, 0.3) is 0 Å². The molecular formula is C22H26N2O3. The number of hydrogen-bond donors (Lipinski definition) is 1.